The van der Waals surface area contributed by atoms with Gasteiger partial charge in [0.05, 0.1) is 23.9 Å². The highest BCUT2D eigenvalue weighted by Gasteiger charge is 2.21. The van der Waals surface area contributed by atoms with Crippen LogP contribution in [0.5, 0.6) is 11.5 Å². The zero-order valence-electron chi connectivity index (χ0n) is 21.5. The topological polar surface area (TPSA) is 150 Å². The van der Waals surface area contributed by atoms with Gasteiger partial charge in [0, 0.05) is 27.4 Å². The number of benzene rings is 5. The third kappa shape index (κ3) is 5.75. The molecule has 0 bridgehead atoms. The standard InChI is InChI=1S/C30H22N4O3.O3S/c1-37-21-14-12-19(13-15-21)31-30(36)24-17-18-11-16-23-22-9-5-6-10-25(22)32-27(23)26(18)28(29(24)35)34-33-20-7-3-2-4-8-20;1-4(2)3/h2-17,32,35H,1H3,(H,31,36);. The van der Waals surface area contributed by atoms with Crippen molar-refractivity contribution >= 4 is 66.2 Å². The van der Waals surface area contributed by atoms with Crippen LogP contribution in [0.25, 0.3) is 32.6 Å². The van der Waals surface area contributed by atoms with Crippen LogP contribution in [0.15, 0.2) is 107 Å². The Balaban J connectivity index is 0.000000794. The van der Waals surface area contributed by atoms with Crippen LogP contribution >= 0.6 is 0 Å². The van der Waals surface area contributed by atoms with Gasteiger partial charge in [0.1, 0.15) is 11.4 Å². The smallest absolute Gasteiger partial charge is 0.425 e. The number of aromatic amines is 1. The molecule has 11 heteroatoms. The highest BCUT2D eigenvalue weighted by Crippen LogP contribution is 2.44. The predicted octanol–water partition coefficient (Wildman–Crippen LogP) is 6.85. The van der Waals surface area contributed by atoms with Gasteiger partial charge in [0.15, 0.2) is 5.75 Å². The van der Waals surface area contributed by atoms with E-state index in [0.717, 1.165) is 27.2 Å². The van der Waals surface area contributed by atoms with Crippen molar-refractivity contribution in [1.82, 2.24) is 4.98 Å². The normalized spacial score (nSPS) is 11.0. The summed E-state index contributed by atoms with van der Waals surface area (Å²) in [5, 5.41) is 26.5. The molecule has 5 aromatic carbocycles. The Morgan fingerprint density at radius 2 is 1.54 bits per heavy atom. The lowest BCUT2D eigenvalue weighted by Gasteiger charge is -2.12. The number of phenols is 1. The molecule has 6 aromatic rings. The SMILES string of the molecule is COc1ccc(NC(=O)c2cc3ccc4c5ccccc5[nH]c4c3c(N=Nc3ccccc3)c2O)cc1.O=S(=O)=O. The molecule has 0 fully saturated rings. The molecule has 0 atom stereocenters. The summed E-state index contributed by atoms with van der Waals surface area (Å²) >= 11 is 0. The number of carbonyl (C=O) groups excluding carboxylic acids is 1. The molecule has 0 aliphatic heterocycles. The number of hydrogen-bond donors (Lipinski definition) is 3. The van der Waals surface area contributed by atoms with Gasteiger partial charge in [-0.05, 0) is 53.9 Å². The molecule has 0 unspecified atom stereocenters. The van der Waals surface area contributed by atoms with Gasteiger partial charge in [0.25, 0.3) is 5.91 Å². The van der Waals surface area contributed by atoms with Crippen LogP contribution in [0, 0.1) is 0 Å². The number of amides is 1. The van der Waals surface area contributed by atoms with E-state index < -0.39 is 16.5 Å². The van der Waals surface area contributed by atoms with Crippen molar-refractivity contribution in [3.05, 3.63) is 103 Å². The molecule has 1 amide bonds. The number of azo groups is 1. The lowest BCUT2D eigenvalue weighted by molar-refractivity contribution is 0.102. The summed E-state index contributed by atoms with van der Waals surface area (Å²) in [4.78, 5) is 16.7. The summed E-state index contributed by atoms with van der Waals surface area (Å²) in [7, 11) is -1.53. The second-order valence-corrected chi connectivity index (χ2v) is 9.21. The fraction of sp³-hybridized carbons (Fsp3) is 0.0333. The Hall–Kier alpha value is -5.55. The maximum atomic E-state index is 13.3. The van der Waals surface area contributed by atoms with Crippen LogP contribution in [-0.2, 0) is 10.6 Å². The van der Waals surface area contributed by atoms with Crippen LogP contribution in [0.1, 0.15) is 10.4 Å². The van der Waals surface area contributed by atoms with E-state index in [1.165, 1.54) is 0 Å². The molecule has 0 saturated carbocycles. The average molecular weight is 567 g/mol. The molecule has 204 valence electrons. The van der Waals surface area contributed by atoms with Crippen molar-refractivity contribution in [2.24, 2.45) is 10.2 Å². The molecule has 0 aliphatic rings. The number of nitrogens with one attached hydrogen (secondary N) is 2. The van der Waals surface area contributed by atoms with Crippen LogP contribution in [0.3, 0.4) is 0 Å². The first-order chi connectivity index (χ1) is 19.9. The zero-order valence-corrected chi connectivity index (χ0v) is 22.3. The predicted molar refractivity (Wildman–Crippen MR) is 156 cm³/mol. The van der Waals surface area contributed by atoms with Crippen LogP contribution in [0.2, 0.25) is 0 Å². The fourth-order valence-corrected chi connectivity index (χ4v) is 4.53. The van der Waals surface area contributed by atoms with Gasteiger partial charge in [-0.2, -0.15) is 5.11 Å². The molecule has 6 rings (SSSR count). The van der Waals surface area contributed by atoms with Gasteiger partial charge in [-0.15, -0.1) is 17.7 Å². The lowest BCUT2D eigenvalue weighted by Crippen LogP contribution is -2.12. The zero-order chi connectivity index (χ0) is 28.9. The van der Waals surface area contributed by atoms with Crippen molar-refractivity contribution in [3.63, 3.8) is 0 Å². The first-order valence-corrected chi connectivity index (χ1v) is 13.2. The molecule has 1 aromatic heterocycles. The van der Waals surface area contributed by atoms with Crippen molar-refractivity contribution in [2.45, 2.75) is 0 Å². The Morgan fingerprint density at radius 1 is 0.854 bits per heavy atom. The average Bonchev–Trinajstić information content (AvgIpc) is 3.36. The second kappa shape index (κ2) is 11.7. The minimum Gasteiger partial charge on any atom is -0.505 e. The highest BCUT2D eigenvalue weighted by molar-refractivity contribution is 7.59. The largest absolute Gasteiger partial charge is 0.505 e. The number of hydrogen-bond acceptors (Lipinski definition) is 8. The van der Waals surface area contributed by atoms with Crippen molar-refractivity contribution in [2.75, 3.05) is 12.4 Å². The number of phenolic OH excluding ortho intramolecular Hbond substituents is 1. The number of aromatic nitrogens is 1. The van der Waals surface area contributed by atoms with Crippen LogP contribution < -0.4 is 10.1 Å². The molecule has 1 heterocycles. The first kappa shape index (κ1) is 27.0. The summed E-state index contributed by atoms with van der Waals surface area (Å²) in [5.74, 6) is -0.0284. The van der Waals surface area contributed by atoms with Gasteiger partial charge >= 0.3 is 10.6 Å². The number of fused-ring (bicyclic) bond motifs is 5. The molecule has 0 radical (unpaired) electrons. The summed E-state index contributed by atoms with van der Waals surface area (Å²) in [6.07, 6.45) is 0. The van der Waals surface area contributed by atoms with E-state index in [9.17, 15) is 9.90 Å². The number of ether oxygens (including phenoxy) is 1. The van der Waals surface area contributed by atoms with Gasteiger partial charge in [-0.25, -0.2) is 0 Å². The first-order valence-electron chi connectivity index (χ1n) is 12.2. The maximum Gasteiger partial charge on any atom is 0.425 e. The number of aromatic hydroxyl groups is 1. The van der Waals surface area contributed by atoms with Crippen molar-refractivity contribution in [1.29, 1.82) is 0 Å². The molecular formula is C30H22N4O6S. The summed E-state index contributed by atoms with van der Waals surface area (Å²) in [5.41, 5.74) is 3.31. The highest BCUT2D eigenvalue weighted by atomic mass is 32.2. The van der Waals surface area contributed by atoms with Crippen molar-refractivity contribution < 1.29 is 27.3 Å². The van der Waals surface area contributed by atoms with Crippen molar-refractivity contribution in [3.8, 4) is 11.5 Å². The fourth-order valence-electron chi connectivity index (χ4n) is 4.53. The molecule has 3 N–H and O–H groups in total. The van der Waals surface area contributed by atoms with E-state index in [1.54, 1.807) is 37.4 Å². The minimum absolute atomic E-state index is 0.0980. The molecular weight excluding hydrogens is 544 g/mol. The Bertz CT molecular complexity index is 2030. The third-order valence-corrected chi connectivity index (χ3v) is 6.34. The number of para-hydroxylation sites is 1. The quantitative estimate of drug-likeness (QED) is 0.194. The number of methoxy groups -OCH3 is 1. The minimum atomic E-state index is -3.11. The number of carbonyl (C=O) groups is 1. The van der Waals surface area contributed by atoms with Gasteiger partial charge in [0.2, 0.25) is 0 Å². The number of anilines is 1. The van der Waals surface area contributed by atoms with E-state index in [1.807, 2.05) is 66.7 Å². The molecule has 0 spiro atoms. The summed E-state index contributed by atoms with van der Waals surface area (Å²) in [6.45, 7) is 0. The van der Waals surface area contributed by atoms with Gasteiger partial charge in [-0.3, -0.25) is 4.79 Å². The van der Waals surface area contributed by atoms with Gasteiger partial charge in [-0.1, -0.05) is 48.5 Å². The number of nitrogens with zero attached hydrogens (tertiary/aromatic N) is 2. The molecule has 41 heavy (non-hydrogen) atoms. The number of rotatable bonds is 5. The Morgan fingerprint density at radius 3 is 2.24 bits per heavy atom. The van der Waals surface area contributed by atoms with E-state index in [2.05, 4.69) is 20.5 Å². The lowest BCUT2D eigenvalue weighted by atomic mass is 10.00. The summed E-state index contributed by atoms with van der Waals surface area (Å²) < 4.78 is 30.5. The molecule has 0 saturated heterocycles. The molecule has 10 nitrogen and oxygen atoms in total. The summed E-state index contributed by atoms with van der Waals surface area (Å²) in [6, 6.07) is 29.9. The maximum absolute atomic E-state index is 13.3. The molecule has 0 aliphatic carbocycles. The Labute approximate surface area is 235 Å². The van der Waals surface area contributed by atoms with E-state index in [4.69, 9.17) is 17.4 Å². The second-order valence-electron chi connectivity index (χ2n) is 8.80. The van der Waals surface area contributed by atoms with Crippen LogP contribution in [-0.4, -0.2) is 35.7 Å². The van der Waals surface area contributed by atoms with E-state index >= 15 is 0 Å². The van der Waals surface area contributed by atoms with Crippen LogP contribution in [0.4, 0.5) is 17.1 Å². The monoisotopic (exact) mass is 566 g/mol. The third-order valence-electron chi connectivity index (χ3n) is 6.34. The van der Waals surface area contributed by atoms with Gasteiger partial charge < -0.3 is 20.1 Å². The number of H-pyrrole nitrogens is 1. The van der Waals surface area contributed by atoms with E-state index in [-0.39, 0.29) is 17.0 Å². The Kier molecular flexibility index (Phi) is 7.70. The van der Waals surface area contributed by atoms with E-state index in [0.29, 0.717) is 22.5 Å².